The van der Waals surface area contributed by atoms with Crippen LogP contribution < -0.4 is 19.7 Å². The number of hydrogen-bond acceptors (Lipinski definition) is 11. The monoisotopic (exact) mass is 779 g/mol. The first-order valence-electron chi connectivity index (χ1n) is 19.5. The first-order chi connectivity index (χ1) is 28.3. The molecule has 1 N–H and O–H groups in total. The molecule has 1 unspecified atom stereocenters. The van der Waals surface area contributed by atoms with Crippen LogP contribution in [-0.4, -0.2) is 93.1 Å². The van der Waals surface area contributed by atoms with Gasteiger partial charge in [-0.25, -0.2) is 4.98 Å². The van der Waals surface area contributed by atoms with E-state index >= 15 is 0 Å². The maximum Gasteiger partial charge on any atom is 0.262 e. The van der Waals surface area contributed by atoms with Crippen LogP contribution in [0.25, 0.3) is 32.9 Å². The largest absolute Gasteiger partial charge is 0.492 e. The summed E-state index contributed by atoms with van der Waals surface area (Å²) in [6.45, 7) is 2.89. The Kier molecular flexibility index (Phi) is 10.00. The van der Waals surface area contributed by atoms with Crippen LogP contribution >= 0.6 is 0 Å². The molecule has 9 rings (SSSR count). The van der Waals surface area contributed by atoms with Crippen molar-refractivity contribution in [3.8, 4) is 22.8 Å². The minimum atomic E-state index is -0.980. The maximum atomic E-state index is 13.2. The number of fused-ring (bicyclic) bond motifs is 4. The lowest BCUT2D eigenvalue weighted by Gasteiger charge is -2.40. The van der Waals surface area contributed by atoms with E-state index in [9.17, 15) is 19.2 Å². The van der Waals surface area contributed by atoms with E-state index in [1.54, 1.807) is 18.3 Å². The highest BCUT2D eigenvalue weighted by Gasteiger charge is 2.45. The molecule has 4 amide bonds. The first-order valence-corrected chi connectivity index (χ1v) is 19.5. The number of benzene rings is 2. The molecule has 3 aliphatic heterocycles. The lowest BCUT2D eigenvalue weighted by atomic mass is 10.0. The van der Waals surface area contributed by atoms with Gasteiger partial charge in [-0.1, -0.05) is 12.1 Å². The Balaban J connectivity index is 0.661. The average Bonchev–Trinajstić information content (AvgIpc) is 3.65. The number of hydrogen-bond donors (Lipinski definition) is 1. The molecule has 0 aliphatic carbocycles. The number of anilines is 1. The zero-order valence-electron chi connectivity index (χ0n) is 31.9. The van der Waals surface area contributed by atoms with Crippen molar-refractivity contribution in [2.45, 2.75) is 44.2 Å². The molecule has 0 spiro atoms. The highest BCUT2D eigenvalue weighted by atomic mass is 16.5. The molecular weight excluding hydrogens is 739 g/mol. The summed E-state index contributed by atoms with van der Waals surface area (Å²) in [6, 6.07) is 20.5. The fourth-order valence-electron chi connectivity index (χ4n) is 7.85. The topological polar surface area (TPSA) is 158 Å². The Hall–Kier alpha value is -6.67. The summed E-state index contributed by atoms with van der Waals surface area (Å²) < 4.78 is 20.0. The second-order valence-corrected chi connectivity index (χ2v) is 14.8. The van der Waals surface area contributed by atoms with Crippen LogP contribution in [0.3, 0.4) is 0 Å². The Morgan fingerprint density at radius 3 is 2.41 bits per heavy atom. The van der Waals surface area contributed by atoms with E-state index in [1.165, 1.54) is 5.39 Å². The van der Waals surface area contributed by atoms with Gasteiger partial charge in [0.05, 0.1) is 42.2 Å². The Morgan fingerprint density at radius 2 is 1.60 bits per heavy atom. The summed E-state index contributed by atoms with van der Waals surface area (Å²) in [5.41, 5.74) is 6.73. The van der Waals surface area contributed by atoms with E-state index in [4.69, 9.17) is 14.2 Å². The quantitative estimate of drug-likeness (QED) is 0.113. The fraction of sp³-hybridized carbons (Fsp3) is 0.295. The molecule has 1 atom stereocenters. The smallest absolute Gasteiger partial charge is 0.262 e. The van der Waals surface area contributed by atoms with Crippen molar-refractivity contribution in [2.24, 2.45) is 7.05 Å². The van der Waals surface area contributed by atoms with Crippen molar-refractivity contribution in [3.05, 3.63) is 108 Å². The predicted octanol–water partition coefficient (Wildman–Crippen LogP) is 5.27. The summed E-state index contributed by atoms with van der Waals surface area (Å²) in [5.74, 6) is -0.759. The number of imide groups is 2. The van der Waals surface area contributed by atoms with Gasteiger partial charge in [-0.15, -0.1) is 0 Å². The van der Waals surface area contributed by atoms with Gasteiger partial charge in [0.2, 0.25) is 17.7 Å². The first kappa shape index (κ1) is 36.9. The number of amides is 4. The van der Waals surface area contributed by atoms with Gasteiger partial charge in [-0.3, -0.25) is 39.4 Å². The molecule has 14 nitrogen and oxygen atoms in total. The van der Waals surface area contributed by atoms with Crippen LogP contribution in [0.15, 0.2) is 91.5 Å². The van der Waals surface area contributed by atoms with Gasteiger partial charge < -0.3 is 23.7 Å². The number of aromatic nitrogens is 4. The molecule has 2 saturated heterocycles. The number of aryl methyl sites for hydroxylation is 2. The molecule has 14 heteroatoms. The lowest BCUT2D eigenvalue weighted by Crippen LogP contribution is -2.54. The van der Waals surface area contributed by atoms with Gasteiger partial charge in [-0.2, -0.15) is 0 Å². The zero-order valence-corrected chi connectivity index (χ0v) is 31.9. The number of ether oxygens (including phenoxy) is 3. The van der Waals surface area contributed by atoms with Gasteiger partial charge in [0.25, 0.3) is 11.8 Å². The number of carbonyl (C=O) groups is 4. The fourth-order valence-corrected chi connectivity index (χ4v) is 7.85. The van der Waals surface area contributed by atoms with Crippen molar-refractivity contribution in [2.75, 3.05) is 37.8 Å². The molecule has 4 aromatic heterocycles. The summed E-state index contributed by atoms with van der Waals surface area (Å²) in [7, 11) is 2.07. The number of carbonyl (C=O) groups excluding carboxylic acids is 4. The Morgan fingerprint density at radius 1 is 0.759 bits per heavy atom. The SMILES string of the molecule is Cn1c2ccncc2c2ccc(-c3ccc(OCCCOc4ccc(CCCOC5CN(c6ccc7c(c6)C(=O)N(C6CCC(=O)NC6=O)C7=O)C5)nc4)nc3)cc21. The van der Waals surface area contributed by atoms with Gasteiger partial charge in [0.15, 0.2) is 0 Å². The lowest BCUT2D eigenvalue weighted by molar-refractivity contribution is -0.136. The van der Waals surface area contributed by atoms with E-state index in [2.05, 4.69) is 55.0 Å². The molecular formula is C44H41N7O7. The number of nitrogens with one attached hydrogen (secondary N) is 1. The van der Waals surface area contributed by atoms with Gasteiger partial charge in [0, 0.05) is 97.5 Å². The van der Waals surface area contributed by atoms with Crippen LogP contribution in [0.5, 0.6) is 11.6 Å². The van der Waals surface area contributed by atoms with Crippen molar-refractivity contribution in [3.63, 3.8) is 0 Å². The minimum Gasteiger partial charge on any atom is -0.492 e. The van der Waals surface area contributed by atoms with E-state index in [-0.39, 0.29) is 30.1 Å². The highest BCUT2D eigenvalue weighted by molar-refractivity contribution is 6.23. The third kappa shape index (κ3) is 7.22. The third-order valence-corrected chi connectivity index (χ3v) is 11.1. The van der Waals surface area contributed by atoms with Crippen molar-refractivity contribution < 1.29 is 33.4 Å². The molecule has 2 fully saturated rings. The molecule has 0 radical (unpaired) electrons. The zero-order chi connectivity index (χ0) is 39.8. The van der Waals surface area contributed by atoms with Crippen LogP contribution in [0.1, 0.15) is 52.1 Å². The summed E-state index contributed by atoms with van der Waals surface area (Å²) in [4.78, 5) is 66.5. The van der Waals surface area contributed by atoms with Crippen molar-refractivity contribution in [1.82, 2.24) is 29.7 Å². The molecule has 0 bridgehead atoms. The second kappa shape index (κ2) is 15.7. The number of nitrogens with zero attached hydrogens (tertiary/aromatic N) is 6. The van der Waals surface area contributed by atoms with Gasteiger partial charge in [-0.05, 0) is 73.4 Å². The molecule has 0 saturated carbocycles. The summed E-state index contributed by atoms with van der Waals surface area (Å²) in [6.07, 6.45) is 9.87. The summed E-state index contributed by atoms with van der Waals surface area (Å²) >= 11 is 0. The Labute approximate surface area is 333 Å². The van der Waals surface area contributed by atoms with E-state index in [0.717, 1.165) is 56.7 Å². The maximum absolute atomic E-state index is 13.2. The van der Waals surface area contributed by atoms with E-state index in [1.807, 2.05) is 55.0 Å². The molecule has 3 aliphatic rings. The van der Waals surface area contributed by atoms with Crippen LogP contribution in [0, 0.1) is 0 Å². The van der Waals surface area contributed by atoms with Crippen molar-refractivity contribution >= 4 is 51.1 Å². The standard InChI is InChI=1S/C44H41N7O7/c1-49-37-15-16-45-24-36(37)33-10-5-27(20-39(33)49)28-6-14-41(47-22-28)58-19-3-18-56-31-9-7-29(46-23-31)4-2-17-57-32-25-50(26-32)30-8-11-34-35(21-30)44(55)51(43(34)54)38-12-13-40(52)48-42(38)53/h5-11,14-16,20-24,32,38H,2-4,12-13,17-19,25-26H2,1H3,(H,48,52,53). The van der Waals surface area contributed by atoms with Gasteiger partial charge >= 0.3 is 0 Å². The predicted molar refractivity (Wildman–Crippen MR) is 215 cm³/mol. The highest BCUT2D eigenvalue weighted by Crippen LogP contribution is 2.33. The number of pyridine rings is 3. The van der Waals surface area contributed by atoms with E-state index in [0.29, 0.717) is 51.0 Å². The number of rotatable bonds is 14. The number of piperidine rings is 1. The van der Waals surface area contributed by atoms with Crippen LogP contribution in [-0.2, 0) is 27.8 Å². The molecule has 58 heavy (non-hydrogen) atoms. The van der Waals surface area contributed by atoms with Crippen LogP contribution in [0.2, 0.25) is 0 Å². The van der Waals surface area contributed by atoms with Crippen LogP contribution in [0.4, 0.5) is 5.69 Å². The molecule has 2 aromatic carbocycles. The molecule has 6 aromatic rings. The molecule has 7 heterocycles. The Bertz CT molecular complexity index is 2550. The normalized spacial score (nSPS) is 16.9. The second-order valence-electron chi connectivity index (χ2n) is 14.8. The van der Waals surface area contributed by atoms with E-state index < -0.39 is 29.7 Å². The summed E-state index contributed by atoms with van der Waals surface area (Å²) in [5, 5.41) is 4.55. The van der Waals surface area contributed by atoms with Crippen molar-refractivity contribution in [1.29, 1.82) is 0 Å². The minimum absolute atomic E-state index is 0.0588. The van der Waals surface area contributed by atoms with Gasteiger partial charge in [0.1, 0.15) is 11.8 Å². The molecule has 294 valence electrons. The average molecular weight is 780 g/mol. The third-order valence-electron chi connectivity index (χ3n) is 11.1.